The highest BCUT2D eigenvalue weighted by Gasteiger charge is 2.58. The third-order valence-corrected chi connectivity index (χ3v) is 3.60. The summed E-state index contributed by atoms with van der Waals surface area (Å²) >= 11 is 0. The van der Waals surface area contributed by atoms with Crippen molar-refractivity contribution in [2.24, 2.45) is 5.92 Å². The number of halogens is 3. The van der Waals surface area contributed by atoms with Crippen LogP contribution in [0.5, 0.6) is 0 Å². The Balaban J connectivity index is 2.17. The van der Waals surface area contributed by atoms with Gasteiger partial charge in [-0.2, -0.15) is 13.2 Å². The summed E-state index contributed by atoms with van der Waals surface area (Å²) in [4.78, 5) is 22.8. The van der Waals surface area contributed by atoms with Crippen molar-refractivity contribution in [1.82, 2.24) is 4.90 Å². The second-order valence-electron chi connectivity index (χ2n) is 4.71. The minimum absolute atomic E-state index is 0.326. The van der Waals surface area contributed by atoms with Gasteiger partial charge in [-0.15, -0.1) is 0 Å². The van der Waals surface area contributed by atoms with Crippen LogP contribution in [0.2, 0.25) is 0 Å². The highest BCUT2D eigenvalue weighted by atomic mass is 19.4. The van der Waals surface area contributed by atoms with Gasteiger partial charge in [0.25, 0.3) is 0 Å². The van der Waals surface area contributed by atoms with Gasteiger partial charge in [0.1, 0.15) is 0 Å². The average Bonchev–Trinajstić information content (AvgIpc) is 2.96. The highest BCUT2D eigenvalue weighted by Crippen LogP contribution is 2.50. The Morgan fingerprint density at radius 3 is 2.24 bits per heavy atom. The summed E-state index contributed by atoms with van der Waals surface area (Å²) in [6.45, 7) is -0.326. The number of carboxylic acids is 1. The van der Waals surface area contributed by atoms with E-state index in [9.17, 15) is 22.8 Å². The normalized spacial score (nSPS) is 27.0. The van der Waals surface area contributed by atoms with Crippen molar-refractivity contribution in [1.29, 1.82) is 0 Å². The molecule has 1 aliphatic heterocycles. The second-order valence-corrected chi connectivity index (χ2v) is 4.71. The molecule has 2 fully saturated rings. The molecule has 17 heavy (non-hydrogen) atoms. The molecular weight excluding hydrogens is 239 g/mol. The molecule has 0 aromatic rings. The molecule has 1 atom stereocenters. The molecule has 2 aliphatic rings. The maximum absolute atomic E-state index is 12.4. The smallest absolute Gasteiger partial charge is 0.471 e. The van der Waals surface area contributed by atoms with Crippen LogP contribution in [-0.2, 0) is 9.59 Å². The van der Waals surface area contributed by atoms with Gasteiger partial charge in [0, 0.05) is 12.1 Å². The molecule has 2 rings (SSSR count). The molecule has 1 amide bonds. The summed E-state index contributed by atoms with van der Waals surface area (Å²) in [5, 5.41) is 8.81. The summed E-state index contributed by atoms with van der Waals surface area (Å²) < 4.78 is 37.2. The Morgan fingerprint density at radius 2 is 1.82 bits per heavy atom. The van der Waals surface area contributed by atoms with Crippen molar-refractivity contribution < 1.29 is 27.9 Å². The number of rotatable bonds is 1. The van der Waals surface area contributed by atoms with Crippen LogP contribution in [0.4, 0.5) is 13.2 Å². The van der Waals surface area contributed by atoms with E-state index >= 15 is 0 Å². The third-order valence-electron chi connectivity index (χ3n) is 3.60. The van der Waals surface area contributed by atoms with Crippen LogP contribution in [0, 0.1) is 5.92 Å². The van der Waals surface area contributed by atoms with Crippen molar-refractivity contribution in [3.05, 3.63) is 0 Å². The number of likely N-dealkylation sites (tertiary alicyclic amines) is 1. The Hall–Kier alpha value is -1.27. The zero-order valence-electron chi connectivity index (χ0n) is 8.96. The lowest BCUT2D eigenvalue weighted by Crippen LogP contribution is -2.54. The SMILES string of the molecule is O=C(O)C1CCC2(CC2)N(C(=O)C(F)(F)F)C1. The van der Waals surface area contributed by atoms with Crippen molar-refractivity contribution in [3.63, 3.8) is 0 Å². The molecule has 1 aliphatic carbocycles. The largest absolute Gasteiger partial charge is 0.481 e. The van der Waals surface area contributed by atoms with Gasteiger partial charge < -0.3 is 10.0 Å². The average molecular weight is 251 g/mol. The van der Waals surface area contributed by atoms with Gasteiger partial charge in [0.2, 0.25) is 0 Å². The first-order valence-electron chi connectivity index (χ1n) is 5.38. The fraction of sp³-hybridized carbons (Fsp3) is 0.800. The van der Waals surface area contributed by atoms with Gasteiger partial charge in [-0.25, -0.2) is 0 Å². The lowest BCUT2D eigenvalue weighted by Gasteiger charge is -2.39. The van der Waals surface area contributed by atoms with Crippen molar-refractivity contribution in [2.75, 3.05) is 6.54 Å². The van der Waals surface area contributed by atoms with E-state index in [0.29, 0.717) is 25.7 Å². The zero-order valence-corrected chi connectivity index (χ0v) is 8.96. The Labute approximate surface area is 95.4 Å². The van der Waals surface area contributed by atoms with E-state index in [-0.39, 0.29) is 6.54 Å². The monoisotopic (exact) mass is 251 g/mol. The molecule has 96 valence electrons. The van der Waals surface area contributed by atoms with Gasteiger partial charge in [-0.1, -0.05) is 0 Å². The van der Waals surface area contributed by atoms with Crippen molar-refractivity contribution in [2.45, 2.75) is 37.4 Å². The van der Waals surface area contributed by atoms with Crippen LogP contribution in [0.3, 0.4) is 0 Å². The van der Waals surface area contributed by atoms with E-state index in [1.54, 1.807) is 0 Å². The van der Waals surface area contributed by atoms with Crippen molar-refractivity contribution in [3.8, 4) is 0 Å². The molecule has 1 spiro atoms. The number of amides is 1. The van der Waals surface area contributed by atoms with Crippen LogP contribution < -0.4 is 0 Å². The first-order chi connectivity index (χ1) is 7.76. The van der Waals surface area contributed by atoms with E-state index in [1.165, 1.54) is 0 Å². The number of aliphatic carboxylic acids is 1. The molecule has 4 nitrogen and oxygen atoms in total. The number of alkyl halides is 3. The Bertz CT molecular complexity index is 362. The number of nitrogens with zero attached hydrogens (tertiary/aromatic N) is 1. The first-order valence-corrected chi connectivity index (χ1v) is 5.38. The molecule has 0 aromatic carbocycles. The summed E-state index contributed by atoms with van der Waals surface area (Å²) in [5.74, 6) is -3.92. The topological polar surface area (TPSA) is 57.6 Å². The van der Waals surface area contributed by atoms with Crippen LogP contribution in [-0.4, -0.2) is 40.1 Å². The predicted octanol–water partition coefficient (Wildman–Crippen LogP) is 1.40. The molecule has 7 heteroatoms. The van der Waals surface area contributed by atoms with E-state index in [0.717, 1.165) is 4.90 Å². The minimum atomic E-state index is -4.92. The van der Waals surface area contributed by atoms with Crippen LogP contribution in [0.15, 0.2) is 0 Å². The molecule has 1 heterocycles. The minimum Gasteiger partial charge on any atom is -0.481 e. The molecule has 0 radical (unpaired) electrons. The van der Waals surface area contributed by atoms with Crippen LogP contribution >= 0.6 is 0 Å². The van der Waals surface area contributed by atoms with Gasteiger partial charge in [0.05, 0.1) is 5.92 Å². The lowest BCUT2D eigenvalue weighted by atomic mass is 9.91. The fourth-order valence-corrected chi connectivity index (χ4v) is 2.40. The standard InChI is InChI=1S/C10H12F3NO3/c11-10(12,13)8(17)14-5-6(7(15)16)1-2-9(14)3-4-9/h6H,1-5H2,(H,15,16). The molecular formula is C10H12F3NO3. The Kier molecular flexibility index (Phi) is 2.59. The molecule has 1 unspecified atom stereocenters. The van der Waals surface area contributed by atoms with E-state index in [4.69, 9.17) is 5.11 Å². The third kappa shape index (κ3) is 2.10. The lowest BCUT2D eigenvalue weighted by molar-refractivity contribution is -0.192. The first kappa shape index (κ1) is 12.2. The van der Waals surface area contributed by atoms with Gasteiger partial charge in [-0.3, -0.25) is 9.59 Å². The van der Waals surface area contributed by atoms with E-state index in [1.807, 2.05) is 0 Å². The summed E-state index contributed by atoms with van der Waals surface area (Å²) in [6, 6.07) is 0. The maximum atomic E-state index is 12.4. The molecule has 1 saturated carbocycles. The van der Waals surface area contributed by atoms with Crippen molar-refractivity contribution >= 4 is 11.9 Å². The second kappa shape index (κ2) is 3.61. The number of carbonyl (C=O) groups excluding carboxylic acids is 1. The summed E-state index contributed by atoms with van der Waals surface area (Å²) in [7, 11) is 0. The fourth-order valence-electron chi connectivity index (χ4n) is 2.40. The van der Waals surface area contributed by atoms with Crippen LogP contribution in [0.1, 0.15) is 25.7 Å². The van der Waals surface area contributed by atoms with E-state index < -0.39 is 29.5 Å². The number of carbonyl (C=O) groups is 2. The Morgan fingerprint density at radius 1 is 1.24 bits per heavy atom. The number of piperidine rings is 1. The van der Waals surface area contributed by atoms with Crippen LogP contribution in [0.25, 0.3) is 0 Å². The van der Waals surface area contributed by atoms with Gasteiger partial charge in [-0.05, 0) is 25.7 Å². The maximum Gasteiger partial charge on any atom is 0.471 e. The predicted molar refractivity (Wildman–Crippen MR) is 50.1 cm³/mol. The summed E-state index contributed by atoms with van der Waals surface area (Å²) in [5.41, 5.74) is -0.710. The van der Waals surface area contributed by atoms with Gasteiger partial charge in [0.15, 0.2) is 0 Å². The number of hydrogen-bond donors (Lipinski definition) is 1. The quantitative estimate of drug-likeness (QED) is 0.766. The number of hydrogen-bond acceptors (Lipinski definition) is 2. The molecule has 1 saturated heterocycles. The van der Waals surface area contributed by atoms with E-state index in [2.05, 4.69) is 0 Å². The molecule has 1 N–H and O–H groups in total. The molecule has 0 bridgehead atoms. The number of carboxylic acid groups (broad SMARTS) is 1. The highest BCUT2D eigenvalue weighted by molar-refractivity contribution is 5.84. The summed E-state index contributed by atoms with van der Waals surface area (Å²) in [6.07, 6.45) is -3.14. The zero-order chi connectivity index (χ0) is 12.8. The van der Waals surface area contributed by atoms with Gasteiger partial charge >= 0.3 is 18.1 Å². The molecule has 0 aromatic heterocycles.